The largest absolute Gasteiger partial charge is 0.353 e. The minimum Gasteiger partial charge on any atom is -0.353 e. The van der Waals surface area contributed by atoms with E-state index in [1.54, 1.807) is 0 Å². The van der Waals surface area contributed by atoms with E-state index in [9.17, 15) is 13.2 Å². The molecule has 3 fully saturated rings. The minimum atomic E-state index is -3.20. The van der Waals surface area contributed by atoms with E-state index >= 15 is 0 Å². The van der Waals surface area contributed by atoms with Gasteiger partial charge in [-0.2, -0.15) is 0 Å². The SMILES string of the molecule is CCCS(=O)(=O)N1CCCC(C(=O)NC2CCN(C3CC3)CC2)C1. The third-order valence-corrected chi connectivity index (χ3v) is 7.59. The van der Waals surface area contributed by atoms with Crippen molar-refractivity contribution in [3.05, 3.63) is 0 Å². The maximum absolute atomic E-state index is 12.6. The molecule has 1 unspecified atom stereocenters. The van der Waals surface area contributed by atoms with E-state index in [1.165, 1.54) is 17.1 Å². The molecule has 0 aromatic heterocycles. The molecule has 138 valence electrons. The first-order chi connectivity index (χ1) is 11.5. The highest BCUT2D eigenvalue weighted by atomic mass is 32.2. The van der Waals surface area contributed by atoms with Gasteiger partial charge in [0.1, 0.15) is 0 Å². The van der Waals surface area contributed by atoms with Crippen molar-refractivity contribution in [2.75, 3.05) is 31.9 Å². The predicted molar refractivity (Wildman–Crippen MR) is 94.1 cm³/mol. The number of carbonyl (C=O) groups excluding carboxylic acids is 1. The van der Waals surface area contributed by atoms with Gasteiger partial charge in [0.25, 0.3) is 0 Å². The molecule has 24 heavy (non-hydrogen) atoms. The van der Waals surface area contributed by atoms with Gasteiger partial charge in [0.15, 0.2) is 0 Å². The lowest BCUT2D eigenvalue weighted by atomic mass is 9.97. The van der Waals surface area contributed by atoms with Crippen molar-refractivity contribution in [3.63, 3.8) is 0 Å². The summed E-state index contributed by atoms with van der Waals surface area (Å²) in [7, 11) is -3.20. The maximum Gasteiger partial charge on any atom is 0.224 e. The fourth-order valence-electron chi connectivity index (χ4n) is 3.96. The van der Waals surface area contributed by atoms with E-state index in [0.29, 0.717) is 19.5 Å². The number of piperidine rings is 2. The Morgan fingerprint density at radius 2 is 1.79 bits per heavy atom. The summed E-state index contributed by atoms with van der Waals surface area (Å²) in [4.78, 5) is 15.1. The van der Waals surface area contributed by atoms with Crippen molar-refractivity contribution < 1.29 is 13.2 Å². The van der Waals surface area contributed by atoms with Gasteiger partial charge in [-0.05, 0) is 44.9 Å². The van der Waals surface area contributed by atoms with Crippen LogP contribution >= 0.6 is 0 Å². The van der Waals surface area contributed by atoms with Crippen LogP contribution in [0.2, 0.25) is 0 Å². The highest BCUT2D eigenvalue weighted by Crippen LogP contribution is 2.29. The molecule has 1 aliphatic carbocycles. The molecule has 1 saturated carbocycles. The smallest absolute Gasteiger partial charge is 0.224 e. The molecule has 0 aromatic rings. The van der Waals surface area contributed by atoms with Crippen LogP contribution < -0.4 is 5.32 Å². The normalized spacial score (nSPS) is 28.0. The molecule has 2 saturated heterocycles. The summed E-state index contributed by atoms with van der Waals surface area (Å²) < 4.78 is 26.0. The van der Waals surface area contributed by atoms with E-state index in [0.717, 1.165) is 44.8 Å². The highest BCUT2D eigenvalue weighted by Gasteiger charge is 2.35. The van der Waals surface area contributed by atoms with Crippen molar-refractivity contribution in [3.8, 4) is 0 Å². The summed E-state index contributed by atoms with van der Waals surface area (Å²) in [5, 5.41) is 3.19. The van der Waals surface area contributed by atoms with E-state index in [4.69, 9.17) is 0 Å². The van der Waals surface area contributed by atoms with Crippen LogP contribution in [0.5, 0.6) is 0 Å². The van der Waals surface area contributed by atoms with Crippen LogP contribution in [0.1, 0.15) is 51.9 Å². The third kappa shape index (κ3) is 4.49. The average molecular weight is 358 g/mol. The Balaban J connectivity index is 1.47. The lowest BCUT2D eigenvalue weighted by molar-refractivity contribution is -0.127. The van der Waals surface area contributed by atoms with Gasteiger partial charge in [-0.15, -0.1) is 0 Å². The molecule has 1 N–H and O–H groups in total. The van der Waals surface area contributed by atoms with Crippen LogP contribution in [0.15, 0.2) is 0 Å². The molecule has 0 bridgehead atoms. The quantitative estimate of drug-likeness (QED) is 0.775. The Hall–Kier alpha value is -0.660. The van der Waals surface area contributed by atoms with Gasteiger partial charge in [-0.3, -0.25) is 4.79 Å². The molecule has 3 aliphatic rings. The molecular weight excluding hydrogens is 326 g/mol. The Kier molecular flexibility index (Phi) is 5.82. The van der Waals surface area contributed by atoms with E-state index in [2.05, 4.69) is 10.2 Å². The lowest BCUT2D eigenvalue weighted by Crippen LogP contribution is -2.50. The zero-order chi connectivity index (χ0) is 17.2. The second-order valence-electron chi connectivity index (χ2n) is 7.56. The van der Waals surface area contributed by atoms with Gasteiger partial charge in [0.05, 0.1) is 11.7 Å². The Morgan fingerprint density at radius 1 is 1.08 bits per heavy atom. The van der Waals surface area contributed by atoms with Crippen LogP contribution in [-0.2, 0) is 14.8 Å². The number of likely N-dealkylation sites (tertiary alicyclic amines) is 1. The Bertz CT molecular complexity index is 539. The molecule has 1 atom stereocenters. The van der Waals surface area contributed by atoms with E-state index < -0.39 is 10.0 Å². The fourth-order valence-corrected chi connectivity index (χ4v) is 5.55. The zero-order valence-corrected chi connectivity index (χ0v) is 15.6. The summed E-state index contributed by atoms with van der Waals surface area (Å²) in [6.07, 6.45) is 6.91. The zero-order valence-electron chi connectivity index (χ0n) is 14.7. The molecule has 0 radical (unpaired) electrons. The number of hydrogen-bond acceptors (Lipinski definition) is 4. The van der Waals surface area contributed by atoms with Crippen LogP contribution in [-0.4, -0.2) is 67.5 Å². The van der Waals surface area contributed by atoms with Crippen molar-refractivity contribution in [2.24, 2.45) is 5.92 Å². The second kappa shape index (κ2) is 7.70. The number of sulfonamides is 1. The van der Waals surface area contributed by atoms with Gasteiger partial charge in [-0.1, -0.05) is 6.92 Å². The minimum absolute atomic E-state index is 0.0521. The van der Waals surface area contributed by atoms with Crippen molar-refractivity contribution in [1.29, 1.82) is 0 Å². The Morgan fingerprint density at radius 3 is 2.42 bits per heavy atom. The standard InChI is InChI=1S/C17H31N3O3S/c1-2-12-24(22,23)20-9-3-4-14(13-20)17(21)18-15-7-10-19(11-8-15)16-5-6-16/h14-16H,2-13H2,1H3,(H,18,21). The summed E-state index contributed by atoms with van der Waals surface area (Å²) in [5.74, 6) is 0.0455. The molecule has 6 nitrogen and oxygen atoms in total. The van der Waals surface area contributed by atoms with Crippen molar-refractivity contribution >= 4 is 15.9 Å². The number of rotatable bonds is 6. The molecule has 0 spiro atoms. The summed E-state index contributed by atoms with van der Waals surface area (Å²) in [5.41, 5.74) is 0. The fraction of sp³-hybridized carbons (Fsp3) is 0.941. The van der Waals surface area contributed by atoms with Crippen molar-refractivity contribution in [1.82, 2.24) is 14.5 Å². The molecular formula is C17H31N3O3S. The summed E-state index contributed by atoms with van der Waals surface area (Å²) in [6, 6.07) is 1.06. The van der Waals surface area contributed by atoms with Gasteiger partial charge < -0.3 is 10.2 Å². The average Bonchev–Trinajstić information content (AvgIpc) is 3.41. The van der Waals surface area contributed by atoms with Gasteiger partial charge >= 0.3 is 0 Å². The number of amides is 1. The number of nitrogens with zero attached hydrogens (tertiary/aromatic N) is 2. The molecule has 2 heterocycles. The summed E-state index contributed by atoms with van der Waals surface area (Å²) >= 11 is 0. The van der Waals surface area contributed by atoms with E-state index in [-0.39, 0.29) is 23.6 Å². The van der Waals surface area contributed by atoms with Crippen LogP contribution in [0.4, 0.5) is 0 Å². The predicted octanol–water partition coefficient (Wildman–Crippen LogP) is 1.18. The van der Waals surface area contributed by atoms with Gasteiger partial charge in [-0.25, -0.2) is 12.7 Å². The van der Waals surface area contributed by atoms with Gasteiger partial charge in [0, 0.05) is 38.3 Å². The lowest BCUT2D eigenvalue weighted by Gasteiger charge is -2.35. The first-order valence-electron chi connectivity index (χ1n) is 9.52. The van der Waals surface area contributed by atoms with Gasteiger partial charge in [0.2, 0.25) is 15.9 Å². The van der Waals surface area contributed by atoms with Crippen LogP contribution in [0.3, 0.4) is 0 Å². The monoisotopic (exact) mass is 357 g/mol. The second-order valence-corrected chi connectivity index (χ2v) is 9.65. The topological polar surface area (TPSA) is 69.7 Å². The Labute approximate surface area is 146 Å². The number of carbonyl (C=O) groups is 1. The third-order valence-electron chi connectivity index (χ3n) is 5.55. The molecule has 1 amide bonds. The van der Waals surface area contributed by atoms with Crippen LogP contribution in [0, 0.1) is 5.92 Å². The first-order valence-corrected chi connectivity index (χ1v) is 11.1. The molecule has 0 aromatic carbocycles. The highest BCUT2D eigenvalue weighted by molar-refractivity contribution is 7.89. The van der Waals surface area contributed by atoms with Crippen LogP contribution in [0.25, 0.3) is 0 Å². The maximum atomic E-state index is 12.6. The van der Waals surface area contributed by atoms with E-state index in [1.807, 2.05) is 6.92 Å². The molecule has 2 aliphatic heterocycles. The number of nitrogens with one attached hydrogen (secondary N) is 1. The summed E-state index contributed by atoms with van der Waals surface area (Å²) in [6.45, 7) is 4.95. The molecule has 3 rings (SSSR count). The van der Waals surface area contributed by atoms with Crippen molar-refractivity contribution in [2.45, 2.75) is 64.0 Å². The molecule has 7 heteroatoms. The first kappa shape index (κ1) is 18.1. The number of hydrogen-bond donors (Lipinski definition) is 1.